The fraction of sp³-hybridized carbons (Fsp3) is 0.200. The largest absolute Gasteiger partial charge is 0.403 e. The van der Waals surface area contributed by atoms with E-state index >= 15 is 0 Å². The standard InChI is InChI=1S/C10H14N2/c1-9(2)8-12-6-4-3-5-10(12)7-11/h3-8H,11H2,1-2H3/b10-7-. The maximum Gasteiger partial charge on any atom is 0.0604 e. The topological polar surface area (TPSA) is 29.3 Å². The van der Waals surface area contributed by atoms with E-state index in [2.05, 4.69) is 13.8 Å². The van der Waals surface area contributed by atoms with E-state index in [1.54, 1.807) is 6.20 Å². The van der Waals surface area contributed by atoms with Gasteiger partial charge in [0, 0.05) is 18.6 Å². The molecule has 0 spiro atoms. The Balaban J connectivity index is 2.84. The molecule has 0 aromatic carbocycles. The molecule has 1 aliphatic heterocycles. The van der Waals surface area contributed by atoms with Gasteiger partial charge in [-0.25, -0.2) is 0 Å². The molecule has 12 heavy (non-hydrogen) atoms. The summed E-state index contributed by atoms with van der Waals surface area (Å²) in [6, 6.07) is 0. The quantitative estimate of drug-likeness (QED) is 0.639. The van der Waals surface area contributed by atoms with Gasteiger partial charge in [-0.3, -0.25) is 0 Å². The van der Waals surface area contributed by atoms with E-state index in [-0.39, 0.29) is 0 Å². The highest BCUT2D eigenvalue weighted by atomic mass is 15.1. The number of nitrogens with zero attached hydrogens (tertiary/aromatic N) is 1. The second-order valence-electron chi connectivity index (χ2n) is 2.91. The highest BCUT2D eigenvalue weighted by Gasteiger charge is 2.01. The minimum atomic E-state index is 0.999. The Morgan fingerprint density at radius 2 is 2.17 bits per heavy atom. The Hall–Kier alpha value is -1.44. The van der Waals surface area contributed by atoms with Crippen molar-refractivity contribution in [2.24, 2.45) is 5.73 Å². The van der Waals surface area contributed by atoms with Crippen LogP contribution in [0.1, 0.15) is 13.8 Å². The molecule has 0 atom stereocenters. The monoisotopic (exact) mass is 162 g/mol. The van der Waals surface area contributed by atoms with Crippen molar-refractivity contribution in [3.05, 3.63) is 48.1 Å². The lowest BCUT2D eigenvalue weighted by molar-refractivity contribution is 0.636. The van der Waals surface area contributed by atoms with E-state index in [0.717, 1.165) is 5.70 Å². The smallest absolute Gasteiger partial charge is 0.0604 e. The second-order valence-corrected chi connectivity index (χ2v) is 2.91. The average molecular weight is 162 g/mol. The maximum absolute atomic E-state index is 5.45. The first-order valence-corrected chi connectivity index (χ1v) is 3.94. The van der Waals surface area contributed by atoms with Crippen molar-refractivity contribution in [1.82, 2.24) is 4.90 Å². The third-order valence-corrected chi connectivity index (χ3v) is 1.49. The summed E-state index contributed by atoms with van der Waals surface area (Å²) in [5, 5.41) is 0. The molecule has 0 aromatic heterocycles. The third-order valence-electron chi connectivity index (χ3n) is 1.49. The molecular formula is C10H14N2. The van der Waals surface area contributed by atoms with Crippen molar-refractivity contribution in [3.63, 3.8) is 0 Å². The second kappa shape index (κ2) is 3.81. The summed E-state index contributed by atoms with van der Waals surface area (Å²) in [4.78, 5) is 2.00. The van der Waals surface area contributed by atoms with E-state index < -0.39 is 0 Å². The summed E-state index contributed by atoms with van der Waals surface area (Å²) < 4.78 is 0. The van der Waals surface area contributed by atoms with Crippen LogP contribution in [0.4, 0.5) is 0 Å². The van der Waals surface area contributed by atoms with Crippen LogP contribution in [0.25, 0.3) is 0 Å². The minimum absolute atomic E-state index is 0.999. The Morgan fingerprint density at radius 3 is 2.75 bits per heavy atom. The number of nitrogens with two attached hydrogens (primary N) is 1. The Bertz CT molecular complexity index is 266. The summed E-state index contributed by atoms with van der Waals surface area (Å²) in [5.74, 6) is 0. The molecule has 1 heterocycles. The molecule has 64 valence electrons. The number of allylic oxidation sites excluding steroid dienone is 4. The van der Waals surface area contributed by atoms with Gasteiger partial charge < -0.3 is 10.6 Å². The van der Waals surface area contributed by atoms with Crippen molar-refractivity contribution < 1.29 is 0 Å². The van der Waals surface area contributed by atoms with Crippen LogP contribution in [0.3, 0.4) is 0 Å². The molecule has 0 aliphatic carbocycles. The predicted molar refractivity (Wildman–Crippen MR) is 51.8 cm³/mol. The van der Waals surface area contributed by atoms with Crippen LogP contribution in [0, 0.1) is 0 Å². The molecule has 1 rings (SSSR count). The van der Waals surface area contributed by atoms with Crippen molar-refractivity contribution in [2.45, 2.75) is 13.8 Å². The zero-order chi connectivity index (χ0) is 8.97. The molecule has 0 amide bonds. The van der Waals surface area contributed by atoms with Crippen molar-refractivity contribution in [3.8, 4) is 0 Å². The average Bonchev–Trinajstić information content (AvgIpc) is 2.04. The minimum Gasteiger partial charge on any atom is -0.403 e. The van der Waals surface area contributed by atoms with E-state index in [1.807, 2.05) is 35.5 Å². The molecule has 0 aromatic rings. The number of hydrogen-bond acceptors (Lipinski definition) is 2. The normalized spacial score (nSPS) is 18.5. The molecule has 0 saturated carbocycles. The predicted octanol–water partition coefficient (Wildman–Crippen LogP) is 2.10. The number of hydrogen-bond donors (Lipinski definition) is 1. The molecule has 1 aliphatic rings. The molecule has 2 nitrogen and oxygen atoms in total. The maximum atomic E-state index is 5.45. The third kappa shape index (κ3) is 2.02. The van der Waals surface area contributed by atoms with Gasteiger partial charge in [-0.05, 0) is 26.0 Å². The fourth-order valence-electron chi connectivity index (χ4n) is 1.01. The van der Waals surface area contributed by atoms with Gasteiger partial charge in [0.2, 0.25) is 0 Å². The SMILES string of the molecule is CC(C)=CN1C=CC=C/C1=C/N. The summed E-state index contributed by atoms with van der Waals surface area (Å²) in [6.45, 7) is 4.11. The van der Waals surface area contributed by atoms with Crippen molar-refractivity contribution in [2.75, 3.05) is 0 Å². The lowest BCUT2D eigenvalue weighted by atomic mass is 10.2. The van der Waals surface area contributed by atoms with Crippen LogP contribution in [-0.2, 0) is 0 Å². The van der Waals surface area contributed by atoms with Crippen LogP contribution in [0.5, 0.6) is 0 Å². The molecule has 0 unspecified atom stereocenters. The lowest BCUT2D eigenvalue weighted by Gasteiger charge is -2.19. The van der Waals surface area contributed by atoms with Crippen LogP contribution < -0.4 is 5.73 Å². The fourth-order valence-corrected chi connectivity index (χ4v) is 1.01. The zero-order valence-electron chi connectivity index (χ0n) is 7.49. The lowest BCUT2D eigenvalue weighted by Crippen LogP contribution is -2.11. The van der Waals surface area contributed by atoms with Gasteiger partial charge in [-0.15, -0.1) is 0 Å². The highest BCUT2D eigenvalue weighted by Crippen LogP contribution is 2.12. The van der Waals surface area contributed by atoms with Crippen LogP contribution in [0.2, 0.25) is 0 Å². The van der Waals surface area contributed by atoms with Crippen LogP contribution >= 0.6 is 0 Å². The molecule has 0 fully saturated rings. The zero-order valence-corrected chi connectivity index (χ0v) is 7.49. The van der Waals surface area contributed by atoms with Crippen molar-refractivity contribution in [1.29, 1.82) is 0 Å². The molecule has 2 heteroatoms. The summed E-state index contributed by atoms with van der Waals surface area (Å²) in [7, 11) is 0. The van der Waals surface area contributed by atoms with Crippen LogP contribution in [0.15, 0.2) is 48.1 Å². The number of rotatable bonds is 1. The highest BCUT2D eigenvalue weighted by molar-refractivity contribution is 5.29. The first-order chi connectivity index (χ1) is 5.74. The Kier molecular flexibility index (Phi) is 2.75. The Labute approximate surface area is 73.4 Å². The summed E-state index contributed by atoms with van der Waals surface area (Å²) >= 11 is 0. The van der Waals surface area contributed by atoms with Gasteiger partial charge in [0.05, 0.1) is 5.70 Å². The first kappa shape index (κ1) is 8.65. The van der Waals surface area contributed by atoms with E-state index in [0.29, 0.717) is 0 Å². The Morgan fingerprint density at radius 1 is 1.42 bits per heavy atom. The molecular weight excluding hydrogens is 148 g/mol. The molecule has 0 radical (unpaired) electrons. The van der Waals surface area contributed by atoms with E-state index in [1.165, 1.54) is 5.57 Å². The molecule has 0 saturated heterocycles. The van der Waals surface area contributed by atoms with E-state index in [4.69, 9.17) is 5.73 Å². The van der Waals surface area contributed by atoms with Gasteiger partial charge in [0.25, 0.3) is 0 Å². The molecule has 0 bridgehead atoms. The van der Waals surface area contributed by atoms with Crippen LogP contribution in [-0.4, -0.2) is 4.90 Å². The summed E-state index contributed by atoms with van der Waals surface area (Å²) in [5.41, 5.74) is 7.69. The van der Waals surface area contributed by atoms with Gasteiger partial charge in [0.1, 0.15) is 0 Å². The molecule has 2 N–H and O–H groups in total. The van der Waals surface area contributed by atoms with E-state index in [9.17, 15) is 0 Å². The summed E-state index contributed by atoms with van der Waals surface area (Å²) in [6.07, 6.45) is 11.5. The van der Waals surface area contributed by atoms with Gasteiger partial charge in [0.15, 0.2) is 0 Å². The van der Waals surface area contributed by atoms with Gasteiger partial charge in [-0.2, -0.15) is 0 Å². The first-order valence-electron chi connectivity index (χ1n) is 3.94. The van der Waals surface area contributed by atoms with Gasteiger partial charge in [-0.1, -0.05) is 11.6 Å². The van der Waals surface area contributed by atoms with Gasteiger partial charge >= 0.3 is 0 Å². The van der Waals surface area contributed by atoms with Crippen molar-refractivity contribution >= 4 is 0 Å².